The number of anilines is 1. The zero-order valence-corrected chi connectivity index (χ0v) is 15.2. The molecule has 2 aromatic rings. The van der Waals surface area contributed by atoms with Crippen molar-refractivity contribution in [3.63, 3.8) is 0 Å². The van der Waals surface area contributed by atoms with E-state index in [0.29, 0.717) is 11.0 Å². The number of ether oxygens (including phenoxy) is 1. The maximum absolute atomic E-state index is 6.09. The fraction of sp³-hybridized carbons (Fsp3) is 0.368. The van der Waals surface area contributed by atoms with Crippen LogP contribution in [0.15, 0.2) is 36.4 Å². The molecule has 126 valence electrons. The van der Waals surface area contributed by atoms with Crippen LogP contribution >= 0.6 is 12.2 Å². The van der Waals surface area contributed by atoms with Gasteiger partial charge in [-0.05, 0) is 43.3 Å². The lowest BCUT2D eigenvalue weighted by Gasteiger charge is -2.20. The molecular weight excluding hydrogens is 318 g/mol. The summed E-state index contributed by atoms with van der Waals surface area (Å²) in [6.45, 7) is 4.89. The minimum Gasteiger partial charge on any atom is -0.474 e. The highest BCUT2D eigenvalue weighted by molar-refractivity contribution is 7.80. The molecule has 5 heteroatoms. The van der Waals surface area contributed by atoms with E-state index in [9.17, 15) is 0 Å². The summed E-state index contributed by atoms with van der Waals surface area (Å²) in [6.07, 6.45) is 2.06. The fourth-order valence-corrected chi connectivity index (χ4v) is 3.10. The van der Waals surface area contributed by atoms with Crippen LogP contribution in [0, 0.1) is 6.92 Å². The zero-order chi connectivity index (χ0) is 17.1. The average Bonchev–Trinajstić information content (AvgIpc) is 2.98. The quantitative estimate of drug-likeness (QED) is 0.860. The van der Waals surface area contributed by atoms with Crippen LogP contribution in [0.5, 0.6) is 5.88 Å². The van der Waals surface area contributed by atoms with Gasteiger partial charge in [-0.3, -0.25) is 0 Å². The van der Waals surface area contributed by atoms with Gasteiger partial charge in [0.05, 0.1) is 11.4 Å². The second kappa shape index (κ2) is 7.18. The van der Waals surface area contributed by atoms with E-state index in [0.717, 1.165) is 30.8 Å². The molecule has 1 aliphatic carbocycles. The van der Waals surface area contributed by atoms with E-state index >= 15 is 0 Å². The molecule has 0 saturated heterocycles. The summed E-state index contributed by atoms with van der Waals surface area (Å²) in [5.74, 6) is 0.672. The standard InChI is InChI=1S/C19H23N3OS/c1-4-22(3)19(24)21-17-9-10-18(20-13(17)2)23-16-11-14-7-5-6-8-15(14)12-16/h5-10,16H,4,11-12H2,1-3H3,(H,21,24). The van der Waals surface area contributed by atoms with Gasteiger partial charge in [0, 0.05) is 32.5 Å². The van der Waals surface area contributed by atoms with Crippen molar-refractivity contribution in [2.75, 3.05) is 18.9 Å². The number of nitrogens with zero attached hydrogens (tertiary/aromatic N) is 2. The highest BCUT2D eigenvalue weighted by Crippen LogP contribution is 2.26. The van der Waals surface area contributed by atoms with Crippen LogP contribution in [0.4, 0.5) is 5.69 Å². The van der Waals surface area contributed by atoms with Crippen LogP contribution in [0.2, 0.25) is 0 Å². The molecule has 1 aliphatic rings. The molecule has 0 spiro atoms. The van der Waals surface area contributed by atoms with Gasteiger partial charge in [0.15, 0.2) is 5.11 Å². The summed E-state index contributed by atoms with van der Waals surface area (Å²) in [7, 11) is 1.97. The summed E-state index contributed by atoms with van der Waals surface area (Å²) in [5, 5.41) is 3.93. The Morgan fingerprint density at radius 3 is 2.50 bits per heavy atom. The number of hydrogen-bond donors (Lipinski definition) is 1. The third-order valence-electron chi connectivity index (χ3n) is 4.42. The Balaban J connectivity index is 1.64. The first kappa shape index (κ1) is 16.7. The van der Waals surface area contributed by atoms with Crippen molar-refractivity contribution < 1.29 is 4.74 Å². The van der Waals surface area contributed by atoms with Gasteiger partial charge in [-0.15, -0.1) is 0 Å². The highest BCUT2D eigenvalue weighted by Gasteiger charge is 2.22. The van der Waals surface area contributed by atoms with Gasteiger partial charge >= 0.3 is 0 Å². The van der Waals surface area contributed by atoms with Crippen molar-refractivity contribution in [1.29, 1.82) is 0 Å². The van der Waals surface area contributed by atoms with E-state index in [1.807, 2.05) is 31.0 Å². The molecule has 1 aromatic heterocycles. The van der Waals surface area contributed by atoms with Gasteiger partial charge in [0.1, 0.15) is 6.10 Å². The molecular formula is C19H23N3OS. The van der Waals surface area contributed by atoms with Crippen LogP contribution in [0.3, 0.4) is 0 Å². The Hall–Kier alpha value is -2.14. The van der Waals surface area contributed by atoms with Crippen molar-refractivity contribution >= 4 is 23.0 Å². The minimum absolute atomic E-state index is 0.167. The predicted molar refractivity (Wildman–Crippen MR) is 102 cm³/mol. The lowest BCUT2D eigenvalue weighted by atomic mass is 10.1. The predicted octanol–water partition coefficient (Wildman–Crippen LogP) is 3.58. The van der Waals surface area contributed by atoms with Gasteiger partial charge in [0.25, 0.3) is 0 Å². The van der Waals surface area contributed by atoms with Crippen LogP contribution < -0.4 is 10.1 Å². The Kier molecular flexibility index (Phi) is 5.00. The molecule has 0 radical (unpaired) electrons. The van der Waals surface area contributed by atoms with Crippen molar-refractivity contribution in [2.24, 2.45) is 0 Å². The second-order valence-corrected chi connectivity index (χ2v) is 6.53. The van der Waals surface area contributed by atoms with E-state index in [1.54, 1.807) is 0 Å². The number of benzene rings is 1. The first-order valence-electron chi connectivity index (χ1n) is 8.30. The highest BCUT2D eigenvalue weighted by atomic mass is 32.1. The summed E-state index contributed by atoms with van der Waals surface area (Å²) in [6, 6.07) is 12.4. The molecule has 0 unspecified atom stereocenters. The van der Waals surface area contributed by atoms with E-state index in [-0.39, 0.29) is 6.10 Å². The molecule has 3 rings (SSSR count). The molecule has 0 amide bonds. The lowest BCUT2D eigenvalue weighted by Crippen LogP contribution is -2.31. The van der Waals surface area contributed by atoms with E-state index < -0.39 is 0 Å². The molecule has 0 aliphatic heterocycles. The average molecular weight is 341 g/mol. The van der Waals surface area contributed by atoms with E-state index in [1.165, 1.54) is 11.1 Å². The number of aromatic nitrogens is 1. The number of pyridine rings is 1. The lowest BCUT2D eigenvalue weighted by molar-refractivity contribution is 0.205. The van der Waals surface area contributed by atoms with Crippen molar-refractivity contribution in [3.05, 3.63) is 53.2 Å². The number of fused-ring (bicyclic) bond motifs is 1. The summed E-state index contributed by atoms with van der Waals surface area (Å²) >= 11 is 5.36. The van der Waals surface area contributed by atoms with E-state index in [2.05, 4.69) is 41.5 Å². The summed E-state index contributed by atoms with van der Waals surface area (Å²) in [4.78, 5) is 6.56. The van der Waals surface area contributed by atoms with Crippen LogP contribution in [0.25, 0.3) is 0 Å². The van der Waals surface area contributed by atoms with Crippen molar-refractivity contribution in [3.8, 4) is 5.88 Å². The fourth-order valence-electron chi connectivity index (χ4n) is 2.86. The maximum atomic E-state index is 6.09. The number of hydrogen-bond acceptors (Lipinski definition) is 3. The molecule has 1 N–H and O–H groups in total. The molecule has 1 heterocycles. The van der Waals surface area contributed by atoms with Gasteiger partial charge in [-0.2, -0.15) is 0 Å². The Labute approximate surface area is 148 Å². The first-order chi connectivity index (χ1) is 11.6. The van der Waals surface area contributed by atoms with Crippen molar-refractivity contribution in [1.82, 2.24) is 9.88 Å². The number of rotatable bonds is 4. The Morgan fingerprint density at radius 2 is 1.92 bits per heavy atom. The molecule has 0 bridgehead atoms. The molecule has 1 aromatic carbocycles. The number of nitrogens with one attached hydrogen (secondary N) is 1. The third kappa shape index (κ3) is 3.67. The largest absolute Gasteiger partial charge is 0.474 e. The smallest absolute Gasteiger partial charge is 0.213 e. The normalized spacial score (nSPS) is 13.5. The molecule has 0 atom stereocenters. The monoisotopic (exact) mass is 341 g/mol. The molecule has 0 fully saturated rings. The Bertz CT molecular complexity index is 722. The molecule has 4 nitrogen and oxygen atoms in total. The first-order valence-corrected chi connectivity index (χ1v) is 8.71. The van der Waals surface area contributed by atoms with Crippen LogP contribution in [-0.2, 0) is 12.8 Å². The summed E-state index contributed by atoms with van der Waals surface area (Å²) in [5.41, 5.74) is 4.56. The maximum Gasteiger partial charge on any atom is 0.213 e. The van der Waals surface area contributed by atoms with Crippen molar-refractivity contribution in [2.45, 2.75) is 32.8 Å². The SMILES string of the molecule is CCN(C)C(=S)Nc1ccc(OC2Cc3ccccc3C2)nc1C. The van der Waals surface area contributed by atoms with Crippen LogP contribution in [0.1, 0.15) is 23.7 Å². The zero-order valence-electron chi connectivity index (χ0n) is 14.4. The third-order valence-corrected chi connectivity index (χ3v) is 4.84. The summed E-state index contributed by atoms with van der Waals surface area (Å²) < 4.78 is 6.09. The number of aryl methyl sites for hydroxylation is 1. The second-order valence-electron chi connectivity index (χ2n) is 6.14. The van der Waals surface area contributed by atoms with Gasteiger partial charge in [-0.25, -0.2) is 4.98 Å². The number of thiocarbonyl (C=S) groups is 1. The van der Waals surface area contributed by atoms with E-state index in [4.69, 9.17) is 17.0 Å². The molecule has 0 saturated carbocycles. The van der Waals surface area contributed by atoms with Gasteiger partial charge in [0.2, 0.25) is 5.88 Å². The molecule has 24 heavy (non-hydrogen) atoms. The minimum atomic E-state index is 0.167. The van der Waals surface area contributed by atoms with Gasteiger partial charge < -0.3 is 15.0 Å². The topological polar surface area (TPSA) is 37.4 Å². The van der Waals surface area contributed by atoms with Crippen LogP contribution in [-0.4, -0.2) is 34.7 Å². The van der Waals surface area contributed by atoms with Gasteiger partial charge in [-0.1, -0.05) is 24.3 Å². The Morgan fingerprint density at radius 1 is 1.25 bits per heavy atom.